The Morgan fingerprint density at radius 1 is 0.972 bits per heavy atom. The van der Waals surface area contributed by atoms with Gasteiger partial charge in [0.25, 0.3) is 0 Å². The minimum atomic E-state index is -0.747. The van der Waals surface area contributed by atoms with E-state index < -0.39 is 12.0 Å². The lowest BCUT2D eigenvalue weighted by Crippen LogP contribution is -2.65. The summed E-state index contributed by atoms with van der Waals surface area (Å²) in [7, 11) is 0. The Hall–Kier alpha value is -3.71. The number of rotatable bonds is 8. The summed E-state index contributed by atoms with van der Waals surface area (Å²) in [5.41, 5.74) is 1.71. The van der Waals surface area contributed by atoms with Gasteiger partial charge < -0.3 is 19.6 Å². The monoisotopic (exact) mass is 489 g/mol. The molecule has 7 heteroatoms. The second kappa shape index (κ2) is 10.1. The number of ether oxygens (including phenoxy) is 1. The van der Waals surface area contributed by atoms with E-state index in [1.54, 1.807) is 30.3 Å². The van der Waals surface area contributed by atoms with Gasteiger partial charge in [-0.25, -0.2) is 9.18 Å². The first-order valence-electron chi connectivity index (χ1n) is 12.4. The molecular weight excluding hydrogens is 459 g/mol. The third-order valence-electron chi connectivity index (χ3n) is 7.52. The van der Waals surface area contributed by atoms with Crippen molar-refractivity contribution in [1.29, 1.82) is 0 Å². The highest BCUT2D eigenvalue weighted by molar-refractivity contribution is 5.99. The number of quaternary nitrogens is 1. The topological polar surface area (TPSA) is 75.6 Å². The first-order chi connectivity index (χ1) is 17.4. The molecule has 3 fully saturated rings. The summed E-state index contributed by atoms with van der Waals surface area (Å²) >= 11 is 0. The largest absolute Gasteiger partial charge is 0.507 e. The zero-order valence-electron chi connectivity index (χ0n) is 20.0. The van der Waals surface area contributed by atoms with Gasteiger partial charge in [0, 0.05) is 24.4 Å². The second-order valence-electron chi connectivity index (χ2n) is 9.88. The highest BCUT2D eigenvalue weighted by Crippen LogP contribution is 2.37. The highest BCUT2D eigenvalue weighted by Gasteiger charge is 2.49. The lowest BCUT2D eigenvalue weighted by atomic mass is 9.82. The fourth-order valence-corrected chi connectivity index (χ4v) is 5.53. The van der Waals surface area contributed by atoms with Crippen LogP contribution in [0.15, 0.2) is 78.9 Å². The van der Waals surface area contributed by atoms with Gasteiger partial charge in [-0.05, 0) is 42.0 Å². The lowest BCUT2D eigenvalue weighted by Gasteiger charge is -2.51. The maximum atomic E-state index is 13.5. The molecule has 3 aromatic carbocycles. The number of nitrogens with zero attached hydrogens (tertiary/aromatic N) is 1. The van der Waals surface area contributed by atoms with Gasteiger partial charge in [-0.3, -0.25) is 4.79 Å². The van der Waals surface area contributed by atoms with E-state index in [-0.39, 0.29) is 35.9 Å². The molecule has 3 aliphatic rings. The number of fused-ring (bicyclic) bond motifs is 3. The SMILES string of the molecule is O=C(C[N+]12CCC(CC1)C(OC(=O)C(Nc1ccc(F)cc1)c1ccccc1)C2)c1ccccc1O. The first-order valence-corrected chi connectivity index (χ1v) is 12.4. The maximum absolute atomic E-state index is 13.5. The van der Waals surface area contributed by atoms with Crippen molar-refractivity contribution in [3.05, 3.63) is 95.8 Å². The van der Waals surface area contributed by atoms with E-state index in [1.165, 1.54) is 18.2 Å². The number of piperidine rings is 3. The lowest BCUT2D eigenvalue weighted by molar-refractivity contribution is -0.938. The third kappa shape index (κ3) is 5.11. The van der Waals surface area contributed by atoms with Crippen LogP contribution in [0.25, 0.3) is 0 Å². The number of esters is 1. The molecule has 6 nitrogen and oxygen atoms in total. The molecule has 0 saturated carbocycles. The van der Waals surface area contributed by atoms with Crippen molar-refractivity contribution in [2.45, 2.75) is 25.0 Å². The van der Waals surface area contributed by atoms with Crippen molar-refractivity contribution in [3.8, 4) is 5.75 Å². The van der Waals surface area contributed by atoms with Gasteiger partial charge in [0.15, 0.2) is 12.1 Å². The molecule has 0 aromatic heterocycles. The Labute approximate surface area is 209 Å². The number of aromatic hydroxyl groups is 1. The summed E-state index contributed by atoms with van der Waals surface area (Å²) in [6, 6.07) is 21.1. The van der Waals surface area contributed by atoms with Crippen LogP contribution in [0.2, 0.25) is 0 Å². The number of para-hydroxylation sites is 1. The molecule has 3 aliphatic heterocycles. The number of Topliss-reactive ketones (excluding diaryl/α,β-unsaturated/α-hetero) is 1. The molecule has 2 N–H and O–H groups in total. The smallest absolute Gasteiger partial charge is 0.333 e. The molecule has 0 amide bonds. The van der Waals surface area contributed by atoms with Gasteiger partial charge in [0.05, 0.1) is 18.7 Å². The predicted octanol–water partition coefficient (Wildman–Crippen LogP) is 4.72. The van der Waals surface area contributed by atoms with Crippen LogP contribution >= 0.6 is 0 Å². The summed E-state index contributed by atoms with van der Waals surface area (Å²) in [5, 5.41) is 13.3. The number of benzene rings is 3. The summed E-state index contributed by atoms with van der Waals surface area (Å²) in [5.74, 6) is -0.586. The van der Waals surface area contributed by atoms with Crippen LogP contribution in [-0.4, -0.2) is 53.6 Å². The average Bonchev–Trinajstić information content (AvgIpc) is 2.89. The van der Waals surface area contributed by atoms with E-state index in [0.29, 0.717) is 22.3 Å². The number of anilines is 1. The number of halogens is 1. The maximum Gasteiger partial charge on any atom is 0.333 e. The molecule has 186 valence electrons. The minimum Gasteiger partial charge on any atom is -0.507 e. The molecule has 3 heterocycles. The van der Waals surface area contributed by atoms with E-state index in [0.717, 1.165) is 31.5 Å². The number of hydrogen-bond donors (Lipinski definition) is 2. The van der Waals surface area contributed by atoms with E-state index >= 15 is 0 Å². The summed E-state index contributed by atoms with van der Waals surface area (Å²) in [6.07, 6.45) is 1.47. The molecule has 3 saturated heterocycles. The zero-order valence-corrected chi connectivity index (χ0v) is 20.0. The Morgan fingerprint density at radius 2 is 1.64 bits per heavy atom. The Kier molecular flexibility index (Phi) is 6.74. The van der Waals surface area contributed by atoms with Crippen LogP contribution in [0.4, 0.5) is 10.1 Å². The number of hydrogen-bond acceptors (Lipinski definition) is 5. The van der Waals surface area contributed by atoms with Gasteiger partial charge in [-0.1, -0.05) is 42.5 Å². The second-order valence-corrected chi connectivity index (χ2v) is 9.88. The van der Waals surface area contributed by atoms with Crippen LogP contribution in [0.5, 0.6) is 5.75 Å². The molecular formula is C29H30FN2O4+. The average molecular weight is 490 g/mol. The Balaban J connectivity index is 1.32. The first kappa shape index (κ1) is 24.0. The van der Waals surface area contributed by atoms with Crippen molar-refractivity contribution in [3.63, 3.8) is 0 Å². The fourth-order valence-electron chi connectivity index (χ4n) is 5.53. The zero-order chi connectivity index (χ0) is 25.1. The molecule has 0 radical (unpaired) electrons. The molecule has 6 rings (SSSR count). The summed E-state index contributed by atoms with van der Waals surface area (Å²) < 4.78 is 20.1. The van der Waals surface area contributed by atoms with Crippen molar-refractivity contribution < 1.29 is 28.3 Å². The van der Waals surface area contributed by atoms with Gasteiger partial charge in [-0.2, -0.15) is 0 Å². The number of nitrogens with one attached hydrogen (secondary N) is 1. The predicted molar refractivity (Wildman–Crippen MR) is 134 cm³/mol. The van der Waals surface area contributed by atoms with Gasteiger partial charge in [-0.15, -0.1) is 0 Å². The highest BCUT2D eigenvalue weighted by atomic mass is 19.1. The molecule has 0 aliphatic carbocycles. The third-order valence-corrected chi connectivity index (χ3v) is 7.52. The van der Waals surface area contributed by atoms with E-state index in [4.69, 9.17) is 4.74 Å². The standard InChI is InChI=1S/C29H29FN2O4/c30-22-10-12-23(13-11-22)31-28(21-6-2-1-3-7-21)29(35)36-27-19-32(16-14-20(27)15-17-32)18-26(34)24-8-4-5-9-25(24)33/h1-13,20,27-28,31H,14-19H2/p+1. The number of ketones is 1. The van der Waals surface area contributed by atoms with Crippen molar-refractivity contribution in [2.24, 2.45) is 5.92 Å². The van der Waals surface area contributed by atoms with Crippen molar-refractivity contribution in [1.82, 2.24) is 0 Å². The number of carbonyl (C=O) groups excluding carboxylic acids is 2. The molecule has 2 bridgehead atoms. The molecule has 36 heavy (non-hydrogen) atoms. The Morgan fingerprint density at radius 3 is 2.33 bits per heavy atom. The van der Waals surface area contributed by atoms with Crippen molar-refractivity contribution >= 4 is 17.4 Å². The quantitative estimate of drug-likeness (QED) is 0.272. The molecule has 3 aromatic rings. The normalized spacial score (nSPS) is 23.6. The molecule has 0 spiro atoms. The van der Waals surface area contributed by atoms with Gasteiger partial charge in [0.2, 0.25) is 5.78 Å². The molecule has 2 atom stereocenters. The summed E-state index contributed by atoms with van der Waals surface area (Å²) in [6.45, 7) is 2.56. The van der Waals surface area contributed by atoms with Gasteiger partial charge in [0.1, 0.15) is 24.7 Å². The minimum absolute atomic E-state index is 0.00635. The van der Waals surface area contributed by atoms with Crippen molar-refractivity contribution in [2.75, 3.05) is 31.5 Å². The van der Waals surface area contributed by atoms with Crippen LogP contribution in [0.3, 0.4) is 0 Å². The van der Waals surface area contributed by atoms with E-state index in [2.05, 4.69) is 5.32 Å². The number of phenols is 1. The van der Waals surface area contributed by atoms with E-state index in [9.17, 15) is 19.1 Å². The summed E-state index contributed by atoms with van der Waals surface area (Å²) in [4.78, 5) is 26.5. The Bertz CT molecular complexity index is 1220. The van der Waals surface area contributed by atoms with Crippen LogP contribution < -0.4 is 5.32 Å². The van der Waals surface area contributed by atoms with Crippen LogP contribution in [-0.2, 0) is 9.53 Å². The van der Waals surface area contributed by atoms with Gasteiger partial charge >= 0.3 is 5.97 Å². The van der Waals surface area contributed by atoms with Crippen LogP contribution in [0, 0.1) is 11.7 Å². The van der Waals surface area contributed by atoms with E-state index in [1.807, 2.05) is 30.3 Å². The number of carbonyl (C=O) groups is 2. The fraction of sp³-hybridized carbons (Fsp3) is 0.310. The molecule has 2 unspecified atom stereocenters. The van der Waals surface area contributed by atoms with Crippen LogP contribution in [0.1, 0.15) is 34.8 Å². The number of phenolic OH excluding ortho intramolecular Hbond substituents is 1.